The molecular weight excluding hydrogens is 270 g/mol. The standard InChI is InChI=1S/C10H17N5O3S/c1-6(2)11-9(17)7(3)19-10-12-13-14-15(10)5-8(16)18-4/h6-7H,5H2,1-4H3,(H,11,17). The molecule has 1 N–H and O–H groups in total. The summed E-state index contributed by atoms with van der Waals surface area (Å²) in [4.78, 5) is 22.9. The van der Waals surface area contributed by atoms with E-state index >= 15 is 0 Å². The first-order valence-corrected chi connectivity index (χ1v) is 6.62. The second-order valence-corrected chi connectivity index (χ2v) is 5.43. The summed E-state index contributed by atoms with van der Waals surface area (Å²) in [5.41, 5.74) is 0. The van der Waals surface area contributed by atoms with Crippen LogP contribution in [0.15, 0.2) is 5.16 Å². The minimum atomic E-state index is -0.451. The van der Waals surface area contributed by atoms with Gasteiger partial charge in [-0.05, 0) is 31.2 Å². The maximum Gasteiger partial charge on any atom is 0.327 e. The molecule has 0 aliphatic rings. The SMILES string of the molecule is COC(=O)Cn1nnnc1SC(C)C(=O)NC(C)C. The van der Waals surface area contributed by atoms with Crippen LogP contribution in [0.25, 0.3) is 0 Å². The highest BCUT2D eigenvalue weighted by atomic mass is 32.2. The molecular formula is C10H17N5O3S. The Labute approximate surface area is 115 Å². The molecule has 1 unspecified atom stereocenters. The monoisotopic (exact) mass is 287 g/mol. The lowest BCUT2D eigenvalue weighted by atomic mass is 10.3. The number of tetrazole rings is 1. The van der Waals surface area contributed by atoms with E-state index in [0.717, 1.165) is 0 Å². The zero-order valence-electron chi connectivity index (χ0n) is 11.3. The van der Waals surface area contributed by atoms with Crippen LogP contribution in [0.4, 0.5) is 0 Å². The van der Waals surface area contributed by atoms with Crippen LogP contribution in [-0.2, 0) is 20.9 Å². The summed E-state index contributed by atoms with van der Waals surface area (Å²) in [6.07, 6.45) is 0. The molecule has 0 aliphatic heterocycles. The summed E-state index contributed by atoms with van der Waals surface area (Å²) in [5.74, 6) is -0.555. The fourth-order valence-corrected chi connectivity index (χ4v) is 1.98. The number of rotatable bonds is 6. The number of hydrogen-bond donors (Lipinski definition) is 1. The summed E-state index contributed by atoms with van der Waals surface area (Å²) >= 11 is 1.19. The van der Waals surface area contributed by atoms with Crippen molar-refractivity contribution >= 4 is 23.6 Å². The number of methoxy groups -OCH3 is 1. The van der Waals surface area contributed by atoms with Gasteiger partial charge in [0.1, 0.15) is 6.54 Å². The Morgan fingerprint density at radius 1 is 1.42 bits per heavy atom. The molecule has 0 bridgehead atoms. The number of hydrogen-bond acceptors (Lipinski definition) is 7. The van der Waals surface area contributed by atoms with Gasteiger partial charge >= 0.3 is 5.97 Å². The average Bonchev–Trinajstić information content (AvgIpc) is 2.75. The van der Waals surface area contributed by atoms with Gasteiger partial charge in [0.05, 0.1) is 12.4 Å². The molecule has 0 aromatic carbocycles. The smallest absolute Gasteiger partial charge is 0.327 e. The number of carbonyl (C=O) groups is 2. The minimum absolute atomic E-state index is 0.0709. The van der Waals surface area contributed by atoms with Crippen LogP contribution in [0.2, 0.25) is 0 Å². The van der Waals surface area contributed by atoms with Crippen molar-refractivity contribution in [1.29, 1.82) is 0 Å². The number of amides is 1. The van der Waals surface area contributed by atoms with Crippen molar-refractivity contribution in [2.45, 2.75) is 43.8 Å². The van der Waals surface area contributed by atoms with Crippen LogP contribution in [0.1, 0.15) is 20.8 Å². The predicted octanol–water partition coefficient (Wildman–Crippen LogP) is -0.149. The summed E-state index contributed by atoms with van der Waals surface area (Å²) in [6, 6.07) is 0.0709. The highest BCUT2D eigenvalue weighted by molar-refractivity contribution is 8.00. The maximum absolute atomic E-state index is 11.8. The summed E-state index contributed by atoms with van der Waals surface area (Å²) in [5, 5.41) is 13.8. The minimum Gasteiger partial charge on any atom is -0.468 e. The Hall–Kier alpha value is -1.64. The van der Waals surface area contributed by atoms with Gasteiger partial charge in [0.2, 0.25) is 11.1 Å². The Morgan fingerprint density at radius 3 is 2.68 bits per heavy atom. The predicted molar refractivity (Wildman–Crippen MR) is 68.4 cm³/mol. The van der Waals surface area contributed by atoms with Crippen molar-refractivity contribution in [2.24, 2.45) is 0 Å². The number of esters is 1. The van der Waals surface area contributed by atoms with Crippen molar-refractivity contribution in [2.75, 3.05) is 7.11 Å². The lowest BCUT2D eigenvalue weighted by Crippen LogP contribution is -2.36. The normalized spacial score (nSPS) is 12.3. The molecule has 19 heavy (non-hydrogen) atoms. The van der Waals surface area contributed by atoms with Crippen molar-refractivity contribution in [3.8, 4) is 0 Å². The fraction of sp³-hybridized carbons (Fsp3) is 0.700. The van der Waals surface area contributed by atoms with E-state index in [4.69, 9.17) is 0 Å². The molecule has 0 saturated carbocycles. The van der Waals surface area contributed by atoms with Crippen LogP contribution in [0, 0.1) is 0 Å². The van der Waals surface area contributed by atoms with Gasteiger partial charge in [0, 0.05) is 6.04 Å². The van der Waals surface area contributed by atoms with E-state index in [1.165, 1.54) is 23.6 Å². The fourth-order valence-electron chi connectivity index (χ4n) is 1.18. The molecule has 9 heteroatoms. The molecule has 1 rings (SSSR count). The molecule has 1 atom stereocenters. The Kier molecular flexibility index (Phi) is 5.74. The molecule has 106 valence electrons. The maximum atomic E-state index is 11.8. The second kappa shape index (κ2) is 7.07. The first-order valence-electron chi connectivity index (χ1n) is 5.74. The Balaban J connectivity index is 2.64. The van der Waals surface area contributed by atoms with E-state index in [2.05, 4.69) is 25.6 Å². The lowest BCUT2D eigenvalue weighted by Gasteiger charge is -2.13. The third-order valence-electron chi connectivity index (χ3n) is 2.09. The van der Waals surface area contributed by atoms with Gasteiger partial charge in [0.15, 0.2) is 0 Å². The topological polar surface area (TPSA) is 99.0 Å². The van der Waals surface area contributed by atoms with Crippen molar-refractivity contribution in [1.82, 2.24) is 25.5 Å². The van der Waals surface area contributed by atoms with Crippen molar-refractivity contribution < 1.29 is 14.3 Å². The Morgan fingerprint density at radius 2 is 2.11 bits per heavy atom. The van der Waals surface area contributed by atoms with E-state index in [1.54, 1.807) is 6.92 Å². The van der Waals surface area contributed by atoms with Crippen LogP contribution < -0.4 is 5.32 Å². The quantitative estimate of drug-likeness (QED) is 0.574. The first-order chi connectivity index (χ1) is 8.93. The van der Waals surface area contributed by atoms with E-state index < -0.39 is 5.97 Å². The molecule has 0 fully saturated rings. The van der Waals surface area contributed by atoms with Crippen LogP contribution in [-0.4, -0.2) is 50.5 Å². The number of aromatic nitrogens is 4. The zero-order valence-corrected chi connectivity index (χ0v) is 12.1. The van der Waals surface area contributed by atoms with E-state index in [-0.39, 0.29) is 23.7 Å². The largest absolute Gasteiger partial charge is 0.468 e. The van der Waals surface area contributed by atoms with Crippen LogP contribution in [0.3, 0.4) is 0 Å². The number of nitrogens with zero attached hydrogens (tertiary/aromatic N) is 4. The molecule has 1 heterocycles. The summed E-state index contributed by atoms with van der Waals surface area (Å²) in [7, 11) is 1.29. The number of nitrogens with one attached hydrogen (secondary N) is 1. The van der Waals surface area contributed by atoms with E-state index in [9.17, 15) is 9.59 Å². The molecule has 1 aromatic rings. The highest BCUT2D eigenvalue weighted by Crippen LogP contribution is 2.20. The summed E-state index contributed by atoms with van der Waals surface area (Å²) in [6.45, 7) is 5.44. The molecule has 1 aromatic heterocycles. The zero-order chi connectivity index (χ0) is 14.4. The number of ether oxygens (including phenoxy) is 1. The van der Waals surface area contributed by atoms with Gasteiger partial charge in [-0.3, -0.25) is 9.59 Å². The van der Waals surface area contributed by atoms with Crippen molar-refractivity contribution in [3.05, 3.63) is 0 Å². The van der Waals surface area contributed by atoms with Gasteiger partial charge in [0.25, 0.3) is 0 Å². The number of carbonyl (C=O) groups excluding carboxylic acids is 2. The van der Waals surface area contributed by atoms with Gasteiger partial charge in [-0.15, -0.1) is 5.10 Å². The Bertz CT molecular complexity index is 448. The molecule has 0 spiro atoms. The molecule has 0 saturated heterocycles. The molecule has 8 nitrogen and oxygen atoms in total. The van der Waals surface area contributed by atoms with E-state index in [0.29, 0.717) is 5.16 Å². The second-order valence-electron chi connectivity index (χ2n) is 4.12. The van der Waals surface area contributed by atoms with E-state index in [1.807, 2.05) is 13.8 Å². The van der Waals surface area contributed by atoms with Crippen LogP contribution in [0.5, 0.6) is 0 Å². The molecule has 0 radical (unpaired) electrons. The third-order valence-corrected chi connectivity index (χ3v) is 3.16. The van der Waals surface area contributed by atoms with Crippen LogP contribution >= 0.6 is 11.8 Å². The first kappa shape index (κ1) is 15.4. The lowest BCUT2D eigenvalue weighted by molar-refractivity contribution is -0.141. The summed E-state index contributed by atoms with van der Waals surface area (Å²) < 4.78 is 5.84. The van der Waals surface area contributed by atoms with Gasteiger partial charge in [-0.1, -0.05) is 11.8 Å². The van der Waals surface area contributed by atoms with Gasteiger partial charge in [-0.25, -0.2) is 4.68 Å². The third kappa shape index (κ3) is 4.86. The number of thioether (sulfide) groups is 1. The van der Waals surface area contributed by atoms with Crippen molar-refractivity contribution in [3.63, 3.8) is 0 Å². The van der Waals surface area contributed by atoms with Gasteiger partial charge in [-0.2, -0.15) is 0 Å². The van der Waals surface area contributed by atoms with Gasteiger partial charge < -0.3 is 10.1 Å². The average molecular weight is 287 g/mol. The molecule has 1 amide bonds. The highest BCUT2D eigenvalue weighted by Gasteiger charge is 2.19. The molecule has 0 aliphatic carbocycles.